The first kappa shape index (κ1) is 18.9. The molecule has 1 fully saturated rings. The number of fused-ring (bicyclic) bond motifs is 2. The zero-order valence-corrected chi connectivity index (χ0v) is 17.3. The summed E-state index contributed by atoms with van der Waals surface area (Å²) in [5.74, 6) is 3.28. The zero-order chi connectivity index (χ0) is 20.5. The standard InChI is InChI=1S/C23H27N5O2/c1-3-16-10-18(29-2)12-19(11-16)30-15-17-13-27(14-17)23-20-4-7-24-8-5-21(20)26-22-6-9-25-28(22)23/h3,6,9-12,17,24H,1,4-5,7-8,13-15H2,2H3. The lowest BCUT2D eigenvalue weighted by molar-refractivity contribution is 0.219. The van der Waals surface area contributed by atoms with Gasteiger partial charge in [-0.15, -0.1) is 0 Å². The lowest BCUT2D eigenvalue weighted by atomic mass is 9.99. The van der Waals surface area contributed by atoms with Gasteiger partial charge in [-0.3, -0.25) is 0 Å². The minimum atomic E-state index is 0.474. The highest BCUT2D eigenvalue weighted by atomic mass is 16.5. The number of methoxy groups -OCH3 is 1. The van der Waals surface area contributed by atoms with Crippen LogP contribution in [0.5, 0.6) is 11.5 Å². The number of nitrogens with one attached hydrogen (secondary N) is 1. The average Bonchev–Trinajstić information content (AvgIpc) is 3.08. The van der Waals surface area contributed by atoms with Crippen LogP contribution in [-0.2, 0) is 12.8 Å². The normalized spacial score (nSPS) is 16.6. The van der Waals surface area contributed by atoms with Crippen LogP contribution in [-0.4, -0.2) is 54.5 Å². The van der Waals surface area contributed by atoms with E-state index in [-0.39, 0.29) is 0 Å². The molecule has 7 nitrogen and oxygen atoms in total. The topological polar surface area (TPSA) is 63.9 Å². The summed E-state index contributed by atoms with van der Waals surface area (Å²) in [6, 6.07) is 7.86. The molecular weight excluding hydrogens is 378 g/mol. The molecule has 0 spiro atoms. The molecule has 1 aromatic carbocycles. The number of hydrogen-bond donors (Lipinski definition) is 1. The van der Waals surface area contributed by atoms with E-state index >= 15 is 0 Å². The third-order valence-corrected chi connectivity index (χ3v) is 5.90. The Kier molecular flexibility index (Phi) is 5.04. The van der Waals surface area contributed by atoms with Gasteiger partial charge in [0.1, 0.15) is 17.3 Å². The van der Waals surface area contributed by atoms with Gasteiger partial charge in [-0.25, -0.2) is 4.98 Å². The van der Waals surface area contributed by atoms with Crippen LogP contribution < -0.4 is 19.7 Å². The van der Waals surface area contributed by atoms with Crippen LogP contribution in [0.3, 0.4) is 0 Å². The number of rotatable bonds is 6. The first-order valence-electron chi connectivity index (χ1n) is 10.5. The number of aromatic nitrogens is 3. The summed E-state index contributed by atoms with van der Waals surface area (Å²) in [7, 11) is 1.67. The monoisotopic (exact) mass is 405 g/mol. The first-order chi connectivity index (χ1) is 14.7. The largest absolute Gasteiger partial charge is 0.497 e. The molecule has 0 bridgehead atoms. The van der Waals surface area contributed by atoms with Crippen molar-refractivity contribution in [1.29, 1.82) is 0 Å². The van der Waals surface area contributed by atoms with Crippen LogP contribution in [0.4, 0.5) is 5.82 Å². The molecule has 0 unspecified atom stereocenters. The van der Waals surface area contributed by atoms with Gasteiger partial charge in [-0.05, 0) is 30.7 Å². The third kappa shape index (κ3) is 3.50. The molecule has 30 heavy (non-hydrogen) atoms. The predicted octanol–water partition coefficient (Wildman–Crippen LogP) is 2.58. The van der Waals surface area contributed by atoms with Crippen LogP contribution in [0.2, 0.25) is 0 Å². The Hall–Kier alpha value is -3.06. The Balaban J connectivity index is 1.31. The molecule has 3 aromatic rings. The predicted molar refractivity (Wildman–Crippen MR) is 118 cm³/mol. The molecule has 0 amide bonds. The molecule has 2 aromatic heterocycles. The number of ether oxygens (including phenoxy) is 2. The molecule has 2 aliphatic rings. The Morgan fingerprint density at radius 3 is 2.87 bits per heavy atom. The van der Waals surface area contributed by atoms with Gasteiger partial charge in [0.25, 0.3) is 0 Å². The van der Waals surface area contributed by atoms with Crippen LogP contribution in [0, 0.1) is 5.92 Å². The number of hydrogen-bond acceptors (Lipinski definition) is 6. The fraction of sp³-hybridized carbons (Fsp3) is 0.391. The second-order valence-electron chi connectivity index (χ2n) is 7.94. The number of nitrogens with zero attached hydrogens (tertiary/aromatic N) is 4. The van der Waals surface area contributed by atoms with Crippen molar-refractivity contribution in [3.05, 3.63) is 53.9 Å². The molecule has 5 rings (SSSR count). The van der Waals surface area contributed by atoms with Gasteiger partial charge in [-0.1, -0.05) is 12.7 Å². The zero-order valence-electron chi connectivity index (χ0n) is 17.3. The van der Waals surface area contributed by atoms with E-state index in [9.17, 15) is 0 Å². The van der Waals surface area contributed by atoms with Gasteiger partial charge in [0, 0.05) is 49.7 Å². The Labute approximate surface area is 176 Å². The van der Waals surface area contributed by atoms with Gasteiger partial charge in [0.15, 0.2) is 5.65 Å². The summed E-state index contributed by atoms with van der Waals surface area (Å²) in [6.45, 7) is 8.39. The molecule has 0 saturated carbocycles. The van der Waals surface area contributed by atoms with Gasteiger partial charge >= 0.3 is 0 Å². The van der Waals surface area contributed by atoms with Crippen LogP contribution in [0.15, 0.2) is 37.0 Å². The summed E-state index contributed by atoms with van der Waals surface area (Å²) >= 11 is 0. The highest BCUT2D eigenvalue weighted by molar-refractivity contribution is 5.59. The quantitative estimate of drug-likeness (QED) is 0.680. The minimum Gasteiger partial charge on any atom is -0.497 e. The summed E-state index contributed by atoms with van der Waals surface area (Å²) < 4.78 is 13.4. The second kappa shape index (κ2) is 7.99. The van der Waals surface area contributed by atoms with E-state index in [1.165, 1.54) is 17.1 Å². The van der Waals surface area contributed by atoms with E-state index in [1.807, 2.05) is 35.0 Å². The van der Waals surface area contributed by atoms with E-state index in [0.717, 1.165) is 61.7 Å². The maximum absolute atomic E-state index is 6.09. The molecule has 1 N–H and O–H groups in total. The first-order valence-corrected chi connectivity index (χ1v) is 10.5. The van der Waals surface area contributed by atoms with Crippen LogP contribution >= 0.6 is 0 Å². The highest BCUT2D eigenvalue weighted by Gasteiger charge is 2.32. The molecule has 0 aliphatic carbocycles. The second-order valence-corrected chi connectivity index (χ2v) is 7.94. The van der Waals surface area contributed by atoms with Crippen molar-refractivity contribution in [1.82, 2.24) is 19.9 Å². The SMILES string of the molecule is C=Cc1cc(OC)cc(OCC2CN(c3c4c(nc5ccnn35)CCNCC4)C2)c1. The Morgan fingerprint density at radius 1 is 1.20 bits per heavy atom. The molecule has 4 heterocycles. The van der Waals surface area contributed by atoms with Crippen molar-refractivity contribution in [2.45, 2.75) is 12.8 Å². The maximum Gasteiger partial charge on any atom is 0.157 e. The van der Waals surface area contributed by atoms with E-state index in [2.05, 4.69) is 21.9 Å². The van der Waals surface area contributed by atoms with Gasteiger partial charge in [-0.2, -0.15) is 9.61 Å². The number of anilines is 1. The maximum atomic E-state index is 6.09. The lowest BCUT2D eigenvalue weighted by Gasteiger charge is -2.41. The van der Waals surface area contributed by atoms with Crippen molar-refractivity contribution in [2.75, 3.05) is 44.8 Å². The van der Waals surface area contributed by atoms with Crippen molar-refractivity contribution in [3.63, 3.8) is 0 Å². The smallest absolute Gasteiger partial charge is 0.157 e. The fourth-order valence-corrected chi connectivity index (χ4v) is 4.31. The van der Waals surface area contributed by atoms with Gasteiger partial charge in [0.05, 0.1) is 25.6 Å². The summed E-state index contributed by atoms with van der Waals surface area (Å²) in [5, 5.41) is 8.04. The molecule has 0 radical (unpaired) electrons. The molecule has 7 heteroatoms. The third-order valence-electron chi connectivity index (χ3n) is 5.90. The van der Waals surface area contributed by atoms with Gasteiger partial charge in [0.2, 0.25) is 0 Å². The Bertz CT molecular complexity index is 1070. The Morgan fingerprint density at radius 2 is 2.03 bits per heavy atom. The lowest BCUT2D eigenvalue weighted by Crippen LogP contribution is -2.50. The van der Waals surface area contributed by atoms with Crippen molar-refractivity contribution < 1.29 is 9.47 Å². The molecular formula is C23H27N5O2. The molecule has 0 atom stereocenters. The summed E-state index contributed by atoms with van der Waals surface area (Å²) in [6.07, 6.45) is 5.59. The van der Waals surface area contributed by atoms with E-state index in [0.29, 0.717) is 12.5 Å². The van der Waals surface area contributed by atoms with E-state index in [4.69, 9.17) is 14.5 Å². The van der Waals surface area contributed by atoms with Crippen molar-refractivity contribution >= 4 is 17.5 Å². The summed E-state index contributed by atoms with van der Waals surface area (Å²) in [4.78, 5) is 7.27. The molecule has 2 aliphatic heterocycles. The van der Waals surface area contributed by atoms with Crippen molar-refractivity contribution in [3.8, 4) is 11.5 Å². The van der Waals surface area contributed by atoms with Crippen molar-refractivity contribution in [2.24, 2.45) is 5.92 Å². The summed E-state index contributed by atoms with van der Waals surface area (Å²) in [5.41, 5.74) is 4.46. The van der Waals surface area contributed by atoms with E-state index in [1.54, 1.807) is 13.2 Å². The molecule has 156 valence electrons. The minimum absolute atomic E-state index is 0.474. The average molecular weight is 406 g/mol. The van der Waals surface area contributed by atoms with E-state index < -0.39 is 0 Å². The van der Waals surface area contributed by atoms with Crippen LogP contribution in [0.25, 0.3) is 11.7 Å². The van der Waals surface area contributed by atoms with Crippen LogP contribution in [0.1, 0.15) is 16.8 Å². The number of benzene rings is 1. The fourth-order valence-electron chi connectivity index (χ4n) is 4.31. The highest BCUT2D eigenvalue weighted by Crippen LogP contribution is 2.32. The molecule has 1 saturated heterocycles. The van der Waals surface area contributed by atoms with Gasteiger partial charge < -0.3 is 19.7 Å².